The molecular weight excluding hydrogens is 416 g/mol. The first-order valence-electron chi connectivity index (χ1n) is 11.3. The van der Waals surface area contributed by atoms with E-state index in [1.165, 1.54) is 6.42 Å². The zero-order valence-corrected chi connectivity index (χ0v) is 19.2. The van der Waals surface area contributed by atoms with Crippen LogP contribution < -0.4 is 5.73 Å². The van der Waals surface area contributed by atoms with Gasteiger partial charge < -0.3 is 15.0 Å². The van der Waals surface area contributed by atoms with Crippen molar-refractivity contribution in [1.82, 2.24) is 34.0 Å². The van der Waals surface area contributed by atoms with Crippen LogP contribution in [0.5, 0.6) is 0 Å². The third kappa shape index (κ3) is 4.00. The van der Waals surface area contributed by atoms with Crippen LogP contribution in [0.4, 0.5) is 5.82 Å². The first-order valence-corrected chi connectivity index (χ1v) is 11.3. The monoisotopic (exact) mass is 444 g/mol. The molecule has 0 aliphatic carbocycles. The molecule has 5 heterocycles. The molecule has 1 aliphatic rings. The van der Waals surface area contributed by atoms with Crippen molar-refractivity contribution in [3.05, 3.63) is 53.9 Å². The molecule has 0 aromatic carbocycles. The molecule has 1 fully saturated rings. The second kappa shape index (κ2) is 8.40. The third-order valence-corrected chi connectivity index (χ3v) is 6.45. The summed E-state index contributed by atoms with van der Waals surface area (Å²) in [4.78, 5) is 29.2. The van der Waals surface area contributed by atoms with Gasteiger partial charge in [0.2, 0.25) is 0 Å². The number of nitrogens with two attached hydrogens (primary N) is 1. The number of fused-ring (bicyclic) bond motifs is 1. The standard InChI is InChI=1S/C24H28N8O/c1-15-10-12-32(29-15)24-21(17-6-9-20-26-13-16(2)31(20)14-17)27-22(23(25)28-24)19(33)8-7-18-5-4-11-30(18)3/h6,9-10,12-14,18H,4-5,7-8,11H2,1-3H3,(H2,25,28)/t18-/m0/s1. The van der Waals surface area contributed by atoms with Crippen molar-refractivity contribution in [3.8, 4) is 17.1 Å². The van der Waals surface area contributed by atoms with Gasteiger partial charge in [0.05, 0.1) is 5.69 Å². The lowest BCUT2D eigenvalue weighted by Crippen LogP contribution is -2.25. The zero-order chi connectivity index (χ0) is 23.1. The quantitative estimate of drug-likeness (QED) is 0.455. The van der Waals surface area contributed by atoms with Crippen LogP contribution in [-0.2, 0) is 0 Å². The summed E-state index contributed by atoms with van der Waals surface area (Å²) in [5, 5.41) is 4.50. The molecule has 9 heteroatoms. The van der Waals surface area contributed by atoms with Crippen LogP contribution in [0.25, 0.3) is 22.7 Å². The molecule has 0 bridgehead atoms. The number of aryl methyl sites for hydroxylation is 2. The highest BCUT2D eigenvalue weighted by molar-refractivity contribution is 5.99. The molecule has 1 aliphatic heterocycles. The molecule has 4 aromatic heterocycles. The molecule has 170 valence electrons. The van der Waals surface area contributed by atoms with Gasteiger partial charge in [0, 0.05) is 42.3 Å². The predicted octanol–water partition coefficient (Wildman–Crippen LogP) is 3.23. The summed E-state index contributed by atoms with van der Waals surface area (Å²) in [6, 6.07) is 6.18. The number of imidazole rings is 1. The molecule has 0 amide bonds. The van der Waals surface area contributed by atoms with E-state index in [1.807, 2.05) is 55.0 Å². The van der Waals surface area contributed by atoms with Gasteiger partial charge in [0.1, 0.15) is 17.0 Å². The largest absolute Gasteiger partial charge is 0.382 e. The fourth-order valence-electron chi connectivity index (χ4n) is 4.53. The minimum absolute atomic E-state index is 0.0790. The van der Waals surface area contributed by atoms with Crippen molar-refractivity contribution in [2.45, 2.75) is 45.6 Å². The highest BCUT2D eigenvalue weighted by Crippen LogP contribution is 2.28. The first-order chi connectivity index (χ1) is 15.9. The molecule has 0 unspecified atom stereocenters. The van der Waals surface area contributed by atoms with E-state index < -0.39 is 0 Å². The molecular formula is C24H28N8O. The maximum absolute atomic E-state index is 13.2. The lowest BCUT2D eigenvalue weighted by molar-refractivity contribution is 0.0966. The van der Waals surface area contributed by atoms with E-state index in [0.717, 1.165) is 42.0 Å². The first kappa shape index (κ1) is 21.3. The summed E-state index contributed by atoms with van der Waals surface area (Å²) < 4.78 is 3.64. The van der Waals surface area contributed by atoms with E-state index in [-0.39, 0.29) is 17.3 Å². The topological polar surface area (TPSA) is 107 Å². The Hall–Kier alpha value is -3.59. The van der Waals surface area contributed by atoms with E-state index in [4.69, 9.17) is 10.7 Å². The van der Waals surface area contributed by atoms with Crippen LogP contribution in [0.15, 0.2) is 36.8 Å². The van der Waals surface area contributed by atoms with Crippen molar-refractivity contribution in [2.24, 2.45) is 0 Å². The number of carbonyl (C=O) groups excluding carboxylic acids is 1. The number of hydrogen-bond acceptors (Lipinski definition) is 7. The average molecular weight is 445 g/mol. The Kier molecular flexibility index (Phi) is 5.41. The number of hydrogen-bond donors (Lipinski definition) is 1. The summed E-state index contributed by atoms with van der Waals surface area (Å²) in [6.45, 7) is 4.98. The number of likely N-dealkylation sites (tertiary alicyclic amines) is 1. The Morgan fingerprint density at radius 2 is 2.06 bits per heavy atom. The normalized spacial score (nSPS) is 16.6. The Balaban J connectivity index is 1.57. The highest BCUT2D eigenvalue weighted by atomic mass is 16.1. The van der Waals surface area contributed by atoms with Gasteiger partial charge in [-0.25, -0.2) is 19.6 Å². The zero-order valence-electron chi connectivity index (χ0n) is 19.2. The third-order valence-electron chi connectivity index (χ3n) is 6.45. The molecule has 33 heavy (non-hydrogen) atoms. The van der Waals surface area contributed by atoms with Gasteiger partial charge in [0.25, 0.3) is 0 Å². The van der Waals surface area contributed by atoms with Crippen molar-refractivity contribution in [1.29, 1.82) is 0 Å². The Morgan fingerprint density at radius 3 is 2.79 bits per heavy atom. The van der Waals surface area contributed by atoms with Crippen molar-refractivity contribution in [3.63, 3.8) is 0 Å². The molecule has 0 saturated carbocycles. The van der Waals surface area contributed by atoms with Crippen LogP contribution in [-0.4, -0.2) is 59.5 Å². The molecule has 0 spiro atoms. The summed E-state index contributed by atoms with van der Waals surface area (Å²) in [6.07, 6.45) is 9.09. The van der Waals surface area contributed by atoms with E-state index in [0.29, 0.717) is 24.0 Å². The fraction of sp³-hybridized carbons (Fsp3) is 0.375. The van der Waals surface area contributed by atoms with Gasteiger partial charge in [-0.15, -0.1) is 0 Å². The van der Waals surface area contributed by atoms with Crippen LogP contribution in [0, 0.1) is 13.8 Å². The van der Waals surface area contributed by atoms with Gasteiger partial charge in [-0.1, -0.05) is 0 Å². The summed E-state index contributed by atoms with van der Waals surface area (Å²) in [7, 11) is 2.11. The summed E-state index contributed by atoms with van der Waals surface area (Å²) in [5.41, 5.74) is 10.5. The van der Waals surface area contributed by atoms with E-state index in [2.05, 4.69) is 27.0 Å². The van der Waals surface area contributed by atoms with E-state index >= 15 is 0 Å². The van der Waals surface area contributed by atoms with Gasteiger partial charge >= 0.3 is 0 Å². The number of rotatable bonds is 6. The molecule has 2 N–H and O–H groups in total. The molecule has 9 nitrogen and oxygen atoms in total. The smallest absolute Gasteiger partial charge is 0.185 e. The Bertz CT molecular complexity index is 1340. The maximum Gasteiger partial charge on any atom is 0.185 e. The van der Waals surface area contributed by atoms with Crippen molar-refractivity contribution in [2.75, 3.05) is 19.3 Å². The minimum atomic E-state index is -0.0790. The second-order valence-corrected chi connectivity index (χ2v) is 8.82. The number of nitrogen functional groups attached to an aromatic ring is 1. The highest BCUT2D eigenvalue weighted by Gasteiger charge is 2.24. The van der Waals surface area contributed by atoms with Gasteiger partial charge in [0.15, 0.2) is 17.4 Å². The van der Waals surface area contributed by atoms with Gasteiger partial charge in [-0.05, 0) is 64.9 Å². The number of nitrogens with zero attached hydrogens (tertiary/aromatic N) is 7. The molecule has 4 aromatic rings. The van der Waals surface area contributed by atoms with Gasteiger partial charge in [-0.3, -0.25) is 4.79 Å². The molecule has 1 saturated heterocycles. The van der Waals surface area contributed by atoms with Crippen LogP contribution in [0.1, 0.15) is 47.6 Å². The van der Waals surface area contributed by atoms with Crippen molar-refractivity contribution >= 4 is 17.2 Å². The summed E-state index contributed by atoms with van der Waals surface area (Å²) in [5.74, 6) is 0.543. The maximum atomic E-state index is 13.2. The number of anilines is 1. The number of Topliss-reactive ketones (excluding diaryl/α,β-unsaturated/α-hetero) is 1. The number of aromatic nitrogens is 6. The molecule has 1 atom stereocenters. The average Bonchev–Trinajstić information content (AvgIpc) is 3.52. The number of pyridine rings is 1. The lowest BCUT2D eigenvalue weighted by Gasteiger charge is -2.19. The van der Waals surface area contributed by atoms with E-state index in [1.54, 1.807) is 4.68 Å². The van der Waals surface area contributed by atoms with Crippen LogP contribution in [0.2, 0.25) is 0 Å². The Morgan fingerprint density at radius 1 is 1.21 bits per heavy atom. The predicted molar refractivity (Wildman–Crippen MR) is 126 cm³/mol. The number of carbonyl (C=O) groups is 1. The molecule has 5 rings (SSSR count). The second-order valence-electron chi connectivity index (χ2n) is 8.82. The van der Waals surface area contributed by atoms with Crippen LogP contribution in [0.3, 0.4) is 0 Å². The van der Waals surface area contributed by atoms with E-state index in [9.17, 15) is 4.79 Å². The SMILES string of the molecule is Cc1ccn(-c2nc(N)c(C(=O)CC[C@@H]3CCCN3C)nc2-c2ccc3ncc(C)n3c2)n1. The lowest BCUT2D eigenvalue weighted by atomic mass is 10.0. The fourth-order valence-corrected chi connectivity index (χ4v) is 4.53. The van der Waals surface area contributed by atoms with Crippen molar-refractivity contribution < 1.29 is 4.79 Å². The number of ketones is 1. The van der Waals surface area contributed by atoms with Gasteiger partial charge in [-0.2, -0.15) is 5.10 Å². The Labute approximate surface area is 192 Å². The minimum Gasteiger partial charge on any atom is -0.382 e. The van der Waals surface area contributed by atoms with Crippen LogP contribution >= 0.6 is 0 Å². The summed E-state index contributed by atoms with van der Waals surface area (Å²) >= 11 is 0. The molecule has 0 radical (unpaired) electrons.